The number of para-hydroxylation sites is 1. The molecule has 3 aromatic rings. The van der Waals surface area contributed by atoms with Crippen LogP contribution in [0.1, 0.15) is 12.2 Å². The summed E-state index contributed by atoms with van der Waals surface area (Å²) >= 11 is 1.25. The highest BCUT2D eigenvalue weighted by molar-refractivity contribution is 8.15. The van der Waals surface area contributed by atoms with Crippen LogP contribution in [-0.2, 0) is 16.1 Å². The van der Waals surface area contributed by atoms with Crippen molar-refractivity contribution in [2.45, 2.75) is 18.2 Å². The summed E-state index contributed by atoms with van der Waals surface area (Å²) in [5.74, 6) is -0.294. The number of anilines is 1. The fourth-order valence-electron chi connectivity index (χ4n) is 2.96. The van der Waals surface area contributed by atoms with Crippen LogP contribution in [0.5, 0.6) is 0 Å². The molecule has 1 N–H and O–H groups in total. The van der Waals surface area contributed by atoms with E-state index in [2.05, 4.69) is 10.3 Å². The summed E-state index contributed by atoms with van der Waals surface area (Å²) in [7, 11) is 0. The van der Waals surface area contributed by atoms with Crippen LogP contribution in [0.2, 0.25) is 0 Å². The molecule has 6 nitrogen and oxygen atoms in total. The van der Waals surface area contributed by atoms with E-state index in [0.717, 1.165) is 0 Å². The quantitative estimate of drug-likeness (QED) is 0.630. The van der Waals surface area contributed by atoms with Gasteiger partial charge in [-0.25, -0.2) is 9.38 Å². The lowest BCUT2D eigenvalue weighted by Crippen LogP contribution is -2.33. The number of aliphatic imine (C=N–C) groups is 1. The van der Waals surface area contributed by atoms with Gasteiger partial charge in [0.1, 0.15) is 16.8 Å². The Kier molecular flexibility index (Phi) is 5.94. The number of furan rings is 1. The highest BCUT2D eigenvalue weighted by Gasteiger charge is 2.39. The van der Waals surface area contributed by atoms with E-state index < -0.39 is 5.25 Å². The Morgan fingerprint density at radius 2 is 1.87 bits per heavy atom. The van der Waals surface area contributed by atoms with Crippen molar-refractivity contribution in [2.75, 3.05) is 5.32 Å². The van der Waals surface area contributed by atoms with Gasteiger partial charge in [-0.2, -0.15) is 0 Å². The van der Waals surface area contributed by atoms with E-state index in [1.165, 1.54) is 40.9 Å². The van der Waals surface area contributed by atoms with Crippen molar-refractivity contribution >= 4 is 40.1 Å². The summed E-state index contributed by atoms with van der Waals surface area (Å²) in [6.45, 7) is 0.237. The van der Waals surface area contributed by atoms with E-state index in [0.29, 0.717) is 22.3 Å². The number of nitrogens with one attached hydrogen (secondary N) is 1. The van der Waals surface area contributed by atoms with E-state index >= 15 is 0 Å². The summed E-state index contributed by atoms with van der Waals surface area (Å²) in [6, 6.07) is 18.3. The zero-order valence-corrected chi connectivity index (χ0v) is 16.6. The zero-order valence-electron chi connectivity index (χ0n) is 15.8. The average molecular weight is 423 g/mol. The predicted molar refractivity (Wildman–Crippen MR) is 114 cm³/mol. The molecule has 0 saturated carbocycles. The molecule has 1 aromatic heterocycles. The molecule has 1 atom stereocenters. The molecule has 2 heterocycles. The molecule has 0 spiro atoms. The largest absolute Gasteiger partial charge is 0.467 e. The second-order valence-corrected chi connectivity index (χ2v) is 7.77. The molecular weight excluding hydrogens is 405 g/mol. The highest BCUT2D eigenvalue weighted by Crippen LogP contribution is 2.33. The van der Waals surface area contributed by atoms with Gasteiger partial charge in [0.2, 0.25) is 11.8 Å². The molecule has 0 bridgehead atoms. The minimum absolute atomic E-state index is 0.0245. The maximum absolute atomic E-state index is 13.0. The number of benzene rings is 2. The Hall–Kier alpha value is -3.39. The smallest absolute Gasteiger partial charge is 0.243 e. The number of amidine groups is 1. The van der Waals surface area contributed by atoms with Gasteiger partial charge >= 0.3 is 0 Å². The molecule has 1 aliphatic rings. The fourth-order valence-corrected chi connectivity index (χ4v) is 4.11. The summed E-state index contributed by atoms with van der Waals surface area (Å²) in [4.78, 5) is 31.6. The molecule has 8 heteroatoms. The van der Waals surface area contributed by atoms with Gasteiger partial charge in [0.05, 0.1) is 18.5 Å². The Morgan fingerprint density at radius 1 is 1.10 bits per heavy atom. The number of hydrogen-bond donors (Lipinski definition) is 1. The second-order valence-electron chi connectivity index (χ2n) is 6.60. The lowest BCUT2D eigenvalue weighted by atomic mass is 10.2. The first kappa shape index (κ1) is 19.9. The molecule has 1 saturated heterocycles. The van der Waals surface area contributed by atoms with Crippen molar-refractivity contribution in [3.8, 4) is 0 Å². The molecule has 30 heavy (non-hydrogen) atoms. The highest BCUT2D eigenvalue weighted by atomic mass is 32.2. The first-order valence-corrected chi connectivity index (χ1v) is 10.2. The number of nitrogens with zero attached hydrogens (tertiary/aromatic N) is 2. The van der Waals surface area contributed by atoms with E-state index in [-0.39, 0.29) is 30.6 Å². The fraction of sp³-hybridized carbons (Fsp3) is 0.136. The topological polar surface area (TPSA) is 74.9 Å². The summed E-state index contributed by atoms with van der Waals surface area (Å²) < 4.78 is 18.4. The number of halogens is 1. The zero-order chi connectivity index (χ0) is 20.9. The number of rotatable bonds is 6. The van der Waals surface area contributed by atoms with Crippen LogP contribution in [0.4, 0.5) is 15.8 Å². The molecule has 0 aliphatic carbocycles. The third-order valence-electron chi connectivity index (χ3n) is 4.39. The molecule has 4 rings (SSSR count). The molecule has 2 amide bonds. The average Bonchev–Trinajstić information content (AvgIpc) is 3.35. The third kappa shape index (κ3) is 4.77. The maximum atomic E-state index is 13.0. The third-order valence-corrected chi connectivity index (χ3v) is 5.57. The molecular formula is C22H18FN3O3S. The number of thioether (sulfide) groups is 1. The molecule has 0 radical (unpaired) electrons. The number of carbonyl (C=O) groups excluding carboxylic acids is 2. The van der Waals surface area contributed by atoms with Gasteiger partial charge in [0.15, 0.2) is 5.17 Å². The Labute approximate surface area is 176 Å². The van der Waals surface area contributed by atoms with Crippen molar-refractivity contribution in [2.24, 2.45) is 4.99 Å². The van der Waals surface area contributed by atoms with Gasteiger partial charge in [-0.1, -0.05) is 30.0 Å². The van der Waals surface area contributed by atoms with Gasteiger partial charge in [-0.15, -0.1) is 0 Å². The second kappa shape index (κ2) is 8.96. The van der Waals surface area contributed by atoms with Crippen molar-refractivity contribution in [1.82, 2.24) is 4.90 Å². The van der Waals surface area contributed by atoms with Crippen LogP contribution in [0.25, 0.3) is 0 Å². The normalized spacial score (nSPS) is 17.5. The van der Waals surface area contributed by atoms with Gasteiger partial charge < -0.3 is 9.73 Å². The van der Waals surface area contributed by atoms with Crippen LogP contribution < -0.4 is 5.32 Å². The van der Waals surface area contributed by atoms with E-state index in [4.69, 9.17) is 4.42 Å². The van der Waals surface area contributed by atoms with Crippen molar-refractivity contribution in [3.63, 3.8) is 0 Å². The minimum atomic E-state index is -0.608. The Bertz CT molecular complexity index is 1050. The first-order chi connectivity index (χ1) is 14.6. The standard InChI is InChI=1S/C22H18FN3O3S/c23-15-8-10-17(11-9-15)24-20(27)13-19-21(28)26(14-18-7-4-12-29-18)22(30-19)25-16-5-2-1-3-6-16/h1-12,19H,13-14H2,(H,24,27). The van der Waals surface area contributed by atoms with Crippen LogP contribution >= 0.6 is 11.8 Å². The van der Waals surface area contributed by atoms with Crippen molar-refractivity contribution in [3.05, 3.63) is 84.6 Å². The Morgan fingerprint density at radius 3 is 2.57 bits per heavy atom. The minimum Gasteiger partial charge on any atom is -0.467 e. The summed E-state index contributed by atoms with van der Waals surface area (Å²) in [5.41, 5.74) is 1.19. The van der Waals surface area contributed by atoms with Crippen LogP contribution in [0.15, 0.2) is 82.4 Å². The SMILES string of the molecule is O=C(CC1SC(=Nc2ccccc2)N(Cc2ccco2)C1=O)Nc1ccc(F)cc1. The lowest BCUT2D eigenvalue weighted by molar-refractivity contribution is -0.128. The predicted octanol–water partition coefficient (Wildman–Crippen LogP) is 4.58. The van der Waals surface area contributed by atoms with Crippen LogP contribution in [0, 0.1) is 5.82 Å². The molecule has 1 fully saturated rings. The Balaban J connectivity index is 1.50. The first-order valence-electron chi connectivity index (χ1n) is 9.28. The molecule has 1 unspecified atom stereocenters. The summed E-state index contributed by atoms with van der Waals surface area (Å²) in [6.07, 6.45) is 1.52. The maximum Gasteiger partial charge on any atom is 0.243 e. The van der Waals surface area contributed by atoms with Gasteiger partial charge in [-0.3, -0.25) is 14.5 Å². The van der Waals surface area contributed by atoms with Gasteiger partial charge in [0, 0.05) is 12.1 Å². The van der Waals surface area contributed by atoms with E-state index in [1.807, 2.05) is 30.3 Å². The van der Waals surface area contributed by atoms with E-state index in [9.17, 15) is 14.0 Å². The number of hydrogen-bond acceptors (Lipinski definition) is 5. The van der Waals surface area contributed by atoms with Crippen LogP contribution in [-0.4, -0.2) is 27.1 Å². The van der Waals surface area contributed by atoms with E-state index in [1.54, 1.807) is 18.4 Å². The van der Waals surface area contributed by atoms with Crippen molar-refractivity contribution in [1.29, 1.82) is 0 Å². The van der Waals surface area contributed by atoms with Gasteiger partial charge in [0.25, 0.3) is 0 Å². The lowest BCUT2D eigenvalue weighted by Gasteiger charge is -2.15. The molecule has 2 aromatic carbocycles. The van der Waals surface area contributed by atoms with Crippen LogP contribution in [0.3, 0.4) is 0 Å². The molecule has 152 valence electrons. The molecule has 1 aliphatic heterocycles. The van der Waals surface area contributed by atoms with Gasteiger partial charge in [-0.05, 0) is 48.5 Å². The number of carbonyl (C=O) groups is 2. The number of amides is 2. The summed E-state index contributed by atoms with van der Waals surface area (Å²) in [5, 5.41) is 2.60. The monoisotopic (exact) mass is 423 g/mol. The van der Waals surface area contributed by atoms with Crippen molar-refractivity contribution < 1.29 is 18.4 Å².